The second kappa shape index (κ2) is 10.9. The maximum absolute atomic E-state index is 7.33. The molecule has 5 heteroatoms. The van der Waals surface area contributed by atoms with E-state index in [4.69, 9.17) is 9.73 Å². The molecule has 0 bridgehead atoms. The van der Waals surface area contributed by atoms with E-state index in [0.29, 0.717) is 5.92 Å². The summed E-state index contributed by atoms with van der Waals surface area (Å²) in [5, 5.41) is 5.05. The van der Waals surface area contributed by atoms with Gasteiger partial charge in [0, 0.05) is 34.3 Å². The summed E-state index contributed by atoms with van der Waals surface area (Å²) in [5.74, 6) is 0.691. The summed E-state index contributed by atoms with van der Waals surface area (Å²) in [6.07, 6.45) is 6.76. The minimum Gasteiger partial charge on any atom is -0.476 e. The topological polar surface area (TPSA) is 30.9 Å². The van der Waals surface area contributed by atoms with Crippen molar-refractivity contribution in [3.8, 4) is 5.75 Å². The van der Waals surface area contributed by atoms with Gasteiger partial charge in [-0.15, -0.1) is 4.58 Å². The van der Waals surface area contributed by atoms with Gasteiger partial charge in [0.25, 0.3) is 6.34 Å². The van der Waals surface area contributed by atoms with Crippen LogP contribution < -0.4 is 4.74 Å². The third kappa shape index (κ3) is 4.40. The highest BCUT2D eigenvalue weighted by molar-refractivity contribution is 6.12. The second-order valence-electron chi connectivity index (χ2n) is 17.8. The Kier molecular flexibility index (Phi) is 7.16. The second-order valence-corrected chi connectivity index (χ2v) is 17.8. The predicted molar refractivity (Wildman–Crippen MR) is 208 cm³/mol. The van der Waals surface area contributed by atoms with E-state index in [1.165, 1.54) is 60.6 Å². The lowest BCUT2D eigenvalue weighted by atomic mass is 9.78. The number of ether oxygens (including phenoxy) is 1. The fourth-order valence-electron chi connectivity index (χ4n) is 9.10. The first-order valence-corrected chi connectivity index (χ1v) is 18.7. The normalized spacial score (nSPS) is 22.8. The van der Waals surface area contributed by atoms with Crippen LogP contribution in [0.2, 0.25) is 0 Å². The number of hydrogen-bond acceptors (Lipinski definition) is 3. The van der Waals surface area contributed by atoms with E-state index in [1.807, 2.05) is 0 Å². The number of aliphatic imine (C=N–C) groups is 1. The van der Waals surface area contributed by atoms with Gasteiger partial charge >= 0.3 is 5.79 Å². The number of fused-ring (bicyclic) bond motifs is 12. The summed E-state index contributed by atoms with van der Waals surface area (Å²) in [6, 6.07) is 23.0. The summed E-state index contributed by atoms with van der Waals surface area (Å²) >= 11 is 0. The van der Waals surface area contributed by atoms with Crippen LogP contribution in [-0.2, 0) is 16.6 Å². The van der Waals surface area contributed by atoms with Crippen molar-refractivity contribution in [3.63, 3.8) is 0 Å². The molecule has 4 aliphatic heterocycles. The molecular weight excluding hydrogens is 613 g/mol. The Hall–Kier alpha value is -4.25. The highest BCUT2D eigenvalue weighted by atomic mass is 16.5. The van der Waals surface area contributed by atoms with Crippen molar-refractivity contribution in [2.45, 2.75) is 124 Å². The molecule has 3 unspecified atom stereocenters. The van der Waals surface area contributed by atoms with Crippen LogP contribution in [0.25, 0.3) is 21.5 Å². The third-order valence-electron chi connectivity index (χ3n) is 11.4. The molecule has 5 nitrogen and oxygen atoms in total. The molecular formula is C45H54N4O+2. The minimum atomic E-state index is -0.674. The summed E-state index contributed by atoms with van der Waals surface area (Å²) in [4.78, 5) is 8.11. The molecule has 50 heavy (non-hydrogen) atoms. The van der Waals surface area contributed by atoms with Gasteiger partial charge in [0.1, 0.15) is 11.3 Å². The maximum Gasteiger partial charge on any atom is 0.417 e. The quantitative estimate of drug-likeness (QED) is 0.204. The average Bonchev–Trinajstić information content (AvgIpc) is 3.57. The van der Waals surface area contributed by atoms with Crippen LogP contribution in [0.1, 0.15) is 117 Å². The first-order valence-electron chi connectivity index (χ1n) is 18.7. The summed E-state index contributed by atoms with van der Waals surface area (Å²) in [7, 11) is 0. The van der Waals surface area contributed by atoms with Crippen LogP contribution >= 0.6 is 0 Å². The Morgan fingerprint density at radius 2 is 1.36 bits per heavy atom. The Bertz CT molecular complexity index is 2220. The monoisotopic (exact) mass is 666 g/mol. The zero-order valence-corrected chi connectivity index (χ0v) is 32.1. The van der Waals surface area contributed by atoms with Gasteiger partial charge in [0.2, 0.25) is 12.1 Å². The van der Waals surface area contributed by atoms with Crippen LogP contribution in [0.4, 0.5) is 0 Å². The molecule has 0 N–H and O–H groups in total. The molecule has 0 aromatic heterocycles. The molecule has 0 aliphatic carbocycles. The van der Waals surface area contributed by atoms with E-state index < -0.39 is 5.79 Å². The molecule has 3 atom stereocenters. The van der Waals surface area contributed by atoms with Crippen LogP contribution in [0.15, 0.2) is 77.4 Å². The Balaban J connectivity index is 1.49. The van der Waals surface area contributed by atoms with Crippen LogP contribution in [-0.4, -0.2) is 50.5 Å². The van der Waals surface area contributed by atoms with E-state index >= 15 is 0 Å². The SMILES string of the molecule is CC(C)C1=CN(C(C)C)C2(c3c(cc(C(C)(C)C)c4ccccc34)C3=[N+]2C=NC2c4cc(C(C)(C)C)c5ccccc5c4OC32)[N+](C(C)C)=C1. The summed E-state index contributed by atoms with van der Waals surface area (Å²) < 4.78 is 12.4. The Morgan fingerprint density at radius 1 is 0.780 bits per heavy atom. The van der Waals surface area contributed by atoms with Gasteiger partial charge in [-0.1, -0.05) is 109 Å². The van der Waals surface area contributed by atoms with Crippen molar-refractivity contribution in [1.29, 1.82) is 0 Å². The highest BCUT2D eigenvalue weighted by Crippen LogP contribution is 2.54. The number of benzene rings is 4. The number of allylic oxidation sites excluding steroid dienone is 1. The van der Waals surface area contributed by atoms with Gasteiger partial charge in [-0.25, -0.2) is 0 Å². The van der Waals surface area contributed by atoms with E-state index in [2.05, 4.69) is 177 Å². The fraction of sp³-hybridized carbons (Fsp3) is 0.444. The number of nitrogens with zero attached hydrogens (tertiary/aromatic N) is 4. The molecule has 0 fully saturated rings. The fourth-order valence-corrected chi connectivity index (χ4v) is 9.10. The minimum absolute atomic E-state index is 0.0251. The van der Waals surface area contributed by atoms with Crippen LogP contribution in [0.5, 0.6) is 5.75 Å². The van der Waals surface area contributed by atoms with Crippen molar-refractivity contribution in [1.82, 2.24) is 4.90 Å². The molecule has 4 aliphatic rings. The Morgan fingerprint density at radius 3 is 1.94 bits per heavy atom. The summed E-state index contributed by atoms with van der Waals surface area (Å²) in [6.45, 7) is 27.9. The van der Waals surface area contributed by atoms with Crippen LogP contribution in [0.3, 0.4) is 0 Å². The zero-order valence-electron chi connectivity index (χ0n) is 32.1. The third-order valence-corrected chi connectivity index (χ3v) is 11.4. The molecule has 0 radical (unpaired) electrons. The Labute approximate surface area is 298 Å². The predicted octanol–water partition coefficient (Wildman–Crippen LogP) is 9.81. The molecule has 0 amide bonds. The van der Waals surface area contributed by atoms with Crippen molar-refractivity contribution >= 4 is 39.8 Å². The van der Waals surface area contributed by atoms with E-state index in [1.54, 1.807) is 0 Å². The van der Waals surface area contributed by atoms with Gasteiger partial charge < -0.3 is 4.74 Å². The molecule has 4 heterocycles. The number of rotatable bonds is 3. The lowest BCUT2D eigenvalue weighted by Gasteiger charge is -2.43. The van der Waals surface area contributed by atoms with Gasteiger partial charge in [0.15, 0.2) is 18.0 Å². The smallest absolute Gasteiger partial charge is 0.417 e. The first-order chi connectivity index (χ1) is 23.6. The lowest BCUT2D eigenvalue weighted by Crippen LogP contribution is -2.64. The lowest BCUT2D eigenvalue weighted by molar-refractivity contribution is -0.837. The molecule has 0 saturated carbocycles. The van der Waals surface area contributed by atoms with Gasteiger partial charge in [-0.05, 0) is 83.9 Å². The van der Waals surface area contributed by atoms with Crippen molar-refractivity contribution in [3.05, 3.63) is 100 Å². The molecule has 8 rings (SSSR count). The molecule has 258 valence electrons. The maximum atomic E-state index is 7.33. The standard InChI is InChI=1S/C45H54N4O/c1-26(2)29-23-47(27(3)4)45(48(24-29)28(5)6)38-32-19-15-13-17-30(32)36(43(7,8)9)21-34(38)40-42-39(46-25-49(40)45)35-22-37(44(10,11)12)31-18-14-16-20-33(31)41(35)50-42/h13-28,39,42H,1-12H3/q+2. The molecule has 1 spiro atoms. The average molecular weight is 667 g/mol. The van der Waals surface area contributed by atoms with Crippen molar-refractivity contribution in [2.75, 3.05) is 0 Å². The zero-order chi connectivity index (χ0) is 35.7. The molecule has 4 aromatic rings. The van der Waals surface area contributed by atoms with Crippen molar-refractivity contribution < 1.29 is 13.9 Å². The van der Waals surface area contributed by atoms with Crippen LogP contribution in [0, 0.1) is 5.92 Å². The van der Waals surface area contributed by atoms with Crippen molar-refractivity contribution in [2.24, 2.45) is 10.9 Å². The molecule has 0 saturated heterocycles. The van der Waals surface area contributed by atoms with Gasteiger partial charge in [-0.3, -0.25) is 4.90 Å². The highest BCUT2D eigenvalue weighted by Gasteiger charge is 2.68. The molecule has 4 aromatic carbocycles. The van der Waals surface area contributed by atoms with E-state index in [9.17, 15) is 0 Å². The number of hydrogen-bond donors (Lipinski definition) is 0. The van der Waals surface area contributed by atoms with E-state index in [0.717, 1.165) is 5.75 Å². The van der Waals surface area contributed by atoms with Gasteiger partial charge in [0.05, 0.1) is 0 Å². The van der Waals surface area contributed by atoms with Gasteiger partial charge in [-0.2, -0.15) is 4.58 Å². The first kappa shape index (κ1) is 32.9. The summed E-state index contributed by atoms with van der Waals surface area (Å²) in [5.41, 5.74) is 8.94. The largest absolute Gasteiger partial charge is 0.476 e. The van der Waals surface area contributed by atoms with E-state index in [-0.39, 0.29) is 35.1 Å².